The molecule has 1 aliphatic carbocycles. The number of piperidine rings is 1. The van der Waals surface area contributed by atoms with E-state index >= 15 is 0 Å². The van der Waals surface area contributed by atoms with Crippen LogP contribution in [0.2, 0.25) is 0 Å². The summed E-state index contributed by atoms with van der Waals surface area (Å²) >= 11 is 0. The molecule has 1 saturated carbocycles. The maximum absolute atomic E-state index is 3.81. The van der Waals surface area contributed by atoms with Crippen LogP contribution < -0.4 is 5.32 Å². The largest absolute Gasteiger partial charge is 0.313 e. The molecule has 0 aromatic heterocycles. The zero-order valence-electron chi connectivity index (χ0n) is 14.4. The average molecular weight is 280 g/mol. The third-order valence-corrected chi connectivity index (χ3v) is 5.88. The lowest BCUT2D eigenvalue weighted by atomic mass is 9.67. The minimum atomic E-state index is 0.464. The van der Waals surface area contributed by atoms with E-state index in [2.05, 4.69) is 44.8 Å². The van der Waals surface area contributed by atoms with Gasteiger partial charge in [-0.25, -0.2) is 0 Å². The second-order valence-corrected chi connectivity index (χ2v) is 8.15. The van der Waals surface area contributed by atoms with Crippen molar-refractivity contribution in [3.8, 4) is 0 Å². The van der Waals surface area contributed by atoms with Gasteiger partial charge in [-0.05, 0) is 62.9 Å². The monoisotopic (exact) mass is 280 g/mol. The molecule has 1 saturated heterocycles. The van der Waals surface area contributed by atoms with E-state index in [0.717, 1.165) is 24.4 Å². The van der Waals surface area contributed by atoms with Crippen LogP contribution in [0.4, 0.5) is 0 Å². The summed E-state index contributed by atoms with van der Waals surface area (Å²) in [6.45, 7) is 15.8. The summed E-state index contributed by atoms with van der Waals surface area (Å²) in [6, 6.07) is 1.49. The van der Waals surface area contributed by atoms with E-state index in [1.54, 1.807) is 0 Å². The van der Waals surface area contributed by atoms with Gasteiger partial charge in [0.25, 0.3) is 0 Å². The Kier molecular flexibility index (Phi) is 5.53. The Bertz CT molecular complexity index is 300. The van der Waals surface area contributed by atoms with Crippen LogP contribution in [0.3, 0.4) is 0 Å². The maximum atomic E-state index is 3.81. The number of nitrogens with one attached hydrogen (secondary N) is 1. The number of hydrogen-bond acceptors (Lipinski definition) is 2. The SMILES string of the molecule is CCNC1C(CN2CCC(C)CC2C)CCCC1(C)C. The molecule has 0 radical (unpaired) electrons. The van der Waals surface area contributed by atoms with Crippen LogP contribution in [-0.4, -0.2) is 36.6 Å². The molecule has 0 aromatic carbocycles. The second kappa shape index (κ2) is 6.79. The number of rotatable bonds is 4. The fraction of sp³-hybridized carbons (Fsp3) is 1.00. The van der Waals surface area contributed by atoms with Gasteiger partial charge in [-0.3, -0.25) is 0 Å². The Morgan fingerprint density at radius 3 is 2.60 bits per heavy atom. The second-order valence-electron chi connectivity index (χ2n) is 8.15. The third kappa shape index (κ3) is 3.76. The van der Waals surface area contributed by atoms with Gasteiger partial charge in [0.1, 0.15) is 0 Å². The third-order valence-electron chi connectivity index (χ3n) is 5.88. The zero-order chi connectivity index (χ0) is 14.8. The Morgan fingerprint density at radius 1 is 1.20 bits per heavy atom. The fourth-order valence-corrected chi connectivity index (χ4v) is 4.67. The molecular weight excluding hydrogens is 244 g/mol. The van der Waals surface area contributed by atoms with Crippen molar-refractivity contribution in [1.29, 1.82) is 0 Å². The van der Waals surface area contributed by atoms with Crippen molar-refractivity contribution in [2.75, 3.05) is 19.6 Å². The highest BCUT2D eigenvalue weighted by molar-refractivity contribution is 4.95. The van der Waals surface area contributed by atoms with Crippen LogP contribution in [0.25, 0.3) is 0 Å². The summed E-state index contributed by atoms with van der Waals surface area (Å²) in [5.74, 6) is 1.77. The van der Waals surface area contributed by atoms with Crippen molar-refractivity contribution in [3.05, 3.63) is 0 Å². The quantitative estimate of drug-likeness (QED) is 0.840. The van der Waals surface area contributed by atoms with Gasteiger partial charge in [-0.1, -0.05) is 34.1 Å². The van der Waals surface area contributed by atoms with Gasteiger partial charge in [0.2, 0.25) is 0 Å². The molecule has 20 heavy (non-hydrogen) atoms. The molecule has 0 bridgehead atoms. The first-order valence-electron chi connectivity index (χ1n) is 8.91. The maximum Gasteiger partial charge on any atom is 0.0159 e. The van der Waals surface area contributed by atoms with Crippen LogP contribution >= 0.6 is 0 Å². The van der Waals surface area contributed by atoms with Crippen molar-refractivity contribution in [3.63, 3.8) is 0 Å². The van der Waals surface area contributed by atoms with Gasteiger partial charge < -0.3 is 10.2 Å². The molecule has 118 valence electrons. The molecule has 0 aromatic rings. The number of nitrogens with zero attached hydrogens (tertiary/aromatic N) is 1. The van der Waals surface area contributed by atoms with Gasteiger partial charge >= 0.3 is 0 Å². The zero-order valence-corrected chi connectivity index (χ0v) is 14.4. The molecule has 0 amide bonds. The normalized spacial score (nSPS) is 38.9. The van der Waals surface area contributed by atoms with Gasteiger partial charge in [0, 0.05) is 18.6 Å². The van der Waals surface area contributed by atoms with Crippen LogP contribution in [0.5, 0.6) is 0 Å². The van der Waals surface area contributed by atoms with Gasteiger partial charge in [-0.2, -0.15) is 0 Å². The van der Waals surface area contributed by atoms with Crippen molar-refractivity contribution in [1.82, 2.24) is 10.2 Å². The molecule has 2 aliphatic rings. The molecule has 2 rings (SSSR count). The Labute approximate surface area is 126 Å². The highest BCUT2D eigenvalue weighted by Crippen LogP contribution is 2.40. The van der Waals surface area contributed by atoms with Gasteiger partial charge in [0.15, 0.2) is 0 Å². The summed E-state index contributed by atoms with van der Waals surface area (Å²) in [5, 5.41) is 3.81. The van der Waals surface area contributed by atoms with E-state index in [0.29, 0.717) is 11.5 Å². The molecule has 1 heterocycles. The first kappa shape index (κ1) is 16.3. The van der Waals surface area contributed by atoms with E-state index in [4.69, 9.17) is 0 Å². The summed E-state index contributed by atoms with van der Waals surface area (Å²) in [6.07, 6.45) is 7.00. The summed E-state index contributed by atoms with van der Waals surface area (Å²) in [7, 11) is 0. The van der Waals surface area contributed by atoms with Crippen LogP contribution in [0.15, 0.2) is 0 Å². The lowest BCUT2D eigenvalue weighted by molar-refractivity contribution is 0.0482. The molecule has 4 atom stereocenters. The van der Waals surface area contributed by atoms with Crippen molar-refractivity contribution in [2.45, 2.75) is 78.8 Å². The molecule has 2 heteroatoms. The predicted octanol–water partition coefficient (Wildman–Crippen LogP) is 3.91. The van der Waals surface area contributed by atoms with Crippen LogP contribution in [0.1, 0.15) is 66.7 Å². The first-order chi connectivity index (χ1) is 9.44. The van der Waals surface area contributed by atoms with Crippen LogP contribution in [-0.2, 0) is 0 Å². The number of hydrogen-bond donors (Lipinski definition) is 1. The highest BCUT2D eigenvalue weighted by atomic mass is 15.2. The predicted molar refractivity (Wildman–Crippen MR) is 88.0 cm³/mol. The minimum absolute atomic E-state index is 0.464. The Balaban J connectivity index is 1.99. The van der Waals surface area contributed by atoms with E-state index in [9.17, 15) is 0 Å². The molecular formula is C18H36N2. The Hall–Kier alpha value is -0.0800. The lowest BCUT2D eigenvalue weighted by Crippen LogP contribution is -2.54. The lowest BCUT2D eigenvalue weighted by Gasteiger charge is -2.48. The van der Waals surface area contributed by atoms with E-state index in [1.165, 1.54) is 45.2 Å². The van der Waals surface area contributed by atoms with Gasteiger partial charge in [0.05, 0.1) is 0 Å². The fourth-order valence-electron chi connectivity index (χ4n) is 4.67. The molecule has 4 unspecified atom stereocenters. The van der Waals surface area contributed by atoms with Gasteiger partial charge in [-0.15, -0.1) is 0 Å². The Morgan fingerprint density at radius 2 is 1.95 bits per heavy atom. The first-order valence-corrected chi connectivity index (χ1v) is 8.91. The molecule has 2 nitrogen and oxygen atoms in total. The van der Waals surface area contributed by atoms with E-state index < -0.39 is 0 Å². The smallest absolute Gasteiger partial charge is 0.0159 e. The van der Waals surface area contributed by atoms with E-state index in [-0.39, 0.29) is 0 Å². The average Bonchev–Trinajstić information content (AvgIpc) is 2.36. The summed E-state index contributed by atoms with van der Waals surface area (Å²) in [4.78, 5) is 2.77. The molecule has 0 spiro atoms. The van der Waals surface area contributed by atoms with Crippen molar-refractivity contribution >= 4 is 0 Å². The van der Waals surface area contributed by atoms with Crippen molar-refractivity contribution < 1.29 is 0 Å². The minimum Gasteiger partial charge on any atom is -0.313 e. The standard InChI is InChI=1S/C18H36N2/c1-6-19-17-16(8-7-10-18(17,4)5)13-20-11-9-14(2)12-15(20)3/h14-17,19H,6-13H2,1-5H3. The molecule has 2 fully saturated rings. The summed E-state index contributed by atoms with van der Waals surface area (Å²) in [5.41, 5.74) is 0.464. The topological polar surface area (TPSA) is 15.3 Å². The van der Waals surface area contributed by atoms with E-state index in [1.807, 2.05) is 0 Å². The highest BCUT2D eigenvalue weighted by Gasteiger charge is 2.39. The van der Waals surface area contributed by atoms with Crippen molar-refractivity contribution in [2.24, 2.45) is 17.3 Å². The number of likely N-dealkylation sites (tertiary alicyclic amines) is 1. The van der Waals surface area contributed by atoms with Crippen LogP contribution in [0, 0.1) is 17.3 Å². The summed E-state index contributed by atoms with van der Waals surface area (Å²) < 4.78 is 0. The molecule has 1 N–H and O–H groups in total. The molecule has 1 aliphatic heterocycles.